The van der Waals surface area contributed by atoms with E-state index in [9.17, 15) is 9.59 Å². The molecule has 118 valence electrons. The zero-order chi connectivity index (χ0) is 16.4. The number of hydrogen-bond donors (Lipinski definition) is 0. The van der Waals surface area contributed by atoms with Crippen molar-refractivity contribution in [1.29, 1.82) is 0 Å². The Morgan fingerprint density at radius 3 is 2.32 bits per heavy atom. The number of carbonyl (C=O) groups is 2. The van der Waals surface area contributed by atoms with Crippen molar-refractivity contribution in [2.45, 2.75) is 11.7 Å². The van der Waals surface area contributed by atoms with Gasteiger partial charge in [-0.3, -0.25) is 0 Å². The fraction of sp³-hybridized carbons (Fsp3) is 0.294. The Hall–Kier alpha value is -1.84. The van der Waals surface area contributed by atoms with Gasteiger partial charge in [0.15, 0.2) is 0 Å². The van der Waals surface area contributed by atoms with E-state index in [4.69, 9.17) is 4.74 Å². The van der Waals surface area contributed by atoms with Gasteiger partial charge in [-0.25, -0.2) is 0 Å². The van der Waals surface area contributed by atoms with E-state index >= 15 is 0 Å². The predicted molar refractivity (Wildman–Crippen MR) is 89.2 cm³/mol. The quantitative estimate of drug-likeness (QED) is 0.289. The van der Waals surface area contributed by atoms with Gasteiger partial charge in [0.2, 0.25) is 0 Å². The van der Waals surface area contributed by atoms with Crippen LogP contribution in [0, 0.1) is 0 Å². The van der Waals surface area contributed by atoms with Crippen LogP contribution in [0.1, 0.15) is 6.92 Å². The van der Waals surface area contributed by atoms with Crippen molar-refractivity contribution in [2.75, 3.05) is 19.7 Å². The normalized spacial score (nSPS) is 11.3. The van der Waals surface area contributed by atoms with E-state index in [1.165, 1.54) is 0 Å². The fourth-order valence-corrected chi connectivity index (χ4v) is 3.88. The number of amides is 1. The number of esters is 1. The Morgan fingerprint density at radius 2 is 1.82 bits per heavy atom. The van der Waals surface area contributed by atoms with Crippen LogP contribution in [-0.4, -0.2) is 51.4 Å². The van der Waals surface area contributed by atoms with Crippen LogP contribution in [0.25, 0.3) is 0 Å². The Bertz CT molecular complexity index is 506. The van der Waals surface area contributed by atoms with Crippen LogP contribution in [0.3, 0.4) is 0 Å². The molecule has 0 aliphatic carbocycles. The average Bonchev–Trinajstić information content (AvgIpc) is 2.53. The van der Waals surface area contributed by atoms with Crippen LogP contribution in [0.5, 0.6) is 0 Å². The molecule has 5 heteroatoms. The molecule has 0 radical (unpaired) electrons. The summed E-state index contributed by atoms with van der Waals surface area (Å²) in [5.74, 6) is -0.698. The maximum absolute atomic E-state index is 12.7. The van der Waals surface area contributed by atoms with E-state index in [0.29, 0.717) is 13.1 Å². The molecule has 0 saturated heterocycles. The molecule has 0 spiro atoms. The third kappa shape index (κ3) is 5.51. The number of benzene rings is 1. The summed E-state index contributed by atoms with van der Waals surface area (Å²) < 4.78 is 6.07. The van der Waals surface area contributed by atoms with Crippen LogP contribution in [0.2, 0.25) is 4.82 Å². The van der Waals surface area contributed by atoms with Gasteiger partial charge in [0.05, 0.1) is 0 Å². The van der Waals surface area contributed by atoms with E-state index in [2.05, 4.69) is 13.2 Å². The molecule has 0 heterocycles. The van der Waals surface area contributed by atoms with Crippen molar-refractivity contribution in [3.8, 4) is 0 Å². The van der Waals surface area contributed by atoms with E-state index in [1.807, 2.05) is 30.3 Å². The molecule has 22 heavy (non-hydrogen) atoms. The fourth-order valence-electron chi connectivity index (χ4n) is 1.78. The monoisotopic (exact) mass is 367 g/mol. The number of hydrogen-bond acceptors (Lipinski definition) is 3. The molecule has 1 amide bonds. The van der Waals surface area contributed by atoms with Gasteiger partial charge in [-0.2, -0.15) is 0 Å². The van der Waals surface area contributed by atoms with Gasteiger partial charge in [-0.15, -0.1) is 0 Å². The molecule has 0 aromatic heterocycles. The Labute approximate surface area is 138 Å². The summed E-state index contributed by atoms with van der Waals surface area (Å²) in [6, 6.07) is 9.54. The van der Waals surface area contributed by atoms with E-state index in [1.54, 1.807) is 24.0 Å². The van der Waals surface area contributed by atoms with Crippen LogP contribution in [0.4, 0.5) is 0 Å². The summed E-state index contributed by atoms with van der Waals surface area (Å²) >= 11 is -0.328. The number of rotatable bonds is 9. The molecule has 0 N–H and O–H groups in total. The van der Waals surface area contributed by atoms with Crippen molar-refractivity contribution in [3.05, 3.63) is 55.6 Å². The molecule has 4 nitrogen and oxygen atoms in total. The zero-order valence-electron chi connectivity index (χ0n) is 12.7. The second-order valence-corrected chi connectivity index (χ2v) is 6.86. The molecular formula is C17H21NO3Se. The summed E-state index contributed by atoms with van der Waals surface area (Å²) in [4.78, 5) is 25.7. The van der Waals surface area contributed by atoms with Gasteiger partial charge >= 0.3 is 138 Å². The van der Waals surface area contributed by atoms with Gasteiger partial charge in [0, 0.05) is 0 Å². The molecule has 1 rings (SSSR count). The first-order valence-corrected chi connectivity index (χ1v) is 8.87. The molecule has 0 fully saturated rings. The molecule has 1 atom stereocenters. The maximum atomic E-state index is 12.7. The van der Waals surface area contributed by atoms with Crippen LogP contribution < -0.4 is 4.46 Å². The number of carbonyl (C=O) groups excluding carboxylic acids is 2. The van der Waals surface area contributed by atoms with Crippen molar-refractivity contribution in [3.63, 3.8) is 0 Å². The summed E-state index contributed by atoms with van der Waals surface area (Å²) in [5.41, 5.74) is 0. The van der Waals surface area contributed by atoms with E-state index in [0.717, 1.165) is 4.46 Å². The van der Waals surface area contributed by atoms with Crippen LogP contribution >= 0.6 is 0 Å². The van der Waals surface area contributed by atoms with Crippen molar-refractivity contribution in [1.82, 2.24) is 4.90 Å². The van der Waals surface area contributed by atoms with E-state index < -0.39 is 10.8 Å². The van der Waals surface area contributed by atoms with Gasteiger partial charge in [-0.05, 0) is 0 Å². The summed E-state index contributed by atoms with van der Waals surface area (Å²) in [5, 5.41) is 0. The van der Waals surface area contributed by atoms with Gasteiger partial charge in [0.1, 0.15) is 0 Å². The SMILES string of the molecule is C=CCN(CC=C)C(=O)C([Se]c1ccccc1)C(=O)OCC. The number of nitrogens with zero attached hydrogens (tertiary/aromatic N) is 1. The first-order chi connectivity index (χ1) is 10.6. The van der Waals surface area contributed by atoms with E-state index in [-0.39, 0.29) is 27.5 Å². The first kappa shape index (κ1) is 18.2. The molecule has 1 aromatic carbocycles. The first-order valence-electron chi connectivity index (χ1n) is 7.03. The molecule has 1 aromatic rings. The summed E-state index contributed by atoms with van der Waals surface area (Å²) in [6.45, 7) is 10.1. The zero-order valence-corrected chi connectivity index (χ0v) is 14.4. The molecule has 0 saturated carbocycles. The average molecular weight is 366 g/mol. The van der Waals surface area contributed by atoms with Gasteiger partial charge in [0.25, 0.3) is 0 Å². The summed E-state index contributed by atoms with van der Waals surface area (Å²) in [7, 11) is 0. The van der Waals surface area contributed by atoms with Crippen molar-refractivity contribution >= 4 is 31.3 Å². The predicted octanol–water partition coefficient (Wildman–Crippen LogP) is 1.57. The number of ether oxygens (including phenoxy) is 1. The van der Waals surface area contributed by atoms with Gasteiger partial charge < -0.3 is 0 Å². The standard InChI is InChI=1S/C17H21NO3Se/c1-4-12-18(13-5-2)16(19)15(17(20)21-6-3)22-14-10-8-7-9-11-14/h4-5,7-11,15H,1-2,6,12-13H2,3H3. The third-order valence-corrected chi connectivity index (χ3v) is 5.20. The van der Waals surface area contributed by atoms with Crippen molar-refractivity contribution in [2.24, 2.45) is 0 Å². The Balaban J connectivity index is 2.97. The Kier molecular flexibility index (Phi) is 8.26. The van der Waals surface area contributed by atoms with Crippen LogP contribution in [0.15, 0.2) is 55.6 Å². The minimum atomic E-state index is -0.783. The summed E-state index contributed by atoms with van der Waals surface area (Å²) in [6.07, 6.45) is 3.28. The topological polar surface area (TPSA) is 46.6 Å². The molecular weight excluding hydrogens is 345 g/mol. The third-order valence-electron chi connectivity index (χ3n) is 2.73. The minimum absolute atomic E-state index is 0.234. The molecule has 0 bridgehead atoms. The molecule has 0 aliphatic heterocycles. The van der Waals surface area contributed by atoms with Gasteiger partial charge in [-0.1, -0.05) is 0 Å². The molecule has 1 unspecified atom stereocenters. The second kappa shape index (κ2) is 9.98. The van der Waals surface area contributed by atoms with Crippen molar-refractivity contribution < 1.29 is 14.3 Å². The molecule has 0 aliphatic rings. The second-order valence-electron chi connectivity index (χ2n) is 4.38. The Morgan fingerprint density at radius 1 is 1.23 bits per heavy atom. The van der Waals surface area contributed by atoms with Crippen LogP contribution in [-0.2, 0) is 14.3 Å².